The summed E-state index contributed by atoms with van der Waals surface area (Å²) in [5.41, 5.74) is 0.337. The van der Waals surface area contributed by atoms with Gasteiger partial charge in [-0.3, -0.25) is 0 Å². The van der Waals surface area contributed by atoms with Gasteiger partial charge in [0.25, 0.3) is 0 Å². The number of hydrogen-bond acceptors (Lipinski definition) is 4. The molecule has 1 aliphatic rings. The van der Waals surface area contributed by atoms with E-state index in [0.29, 0.717) is 23.2 Å². The summed E-state index contributed by atoms with van der Waals surface area (Å²) in [7, 11) is 0. The Kier molecular flexibility index (Phi) is 3.10. The van der Waals surface area contributed by atoms with E-state index >= 15 is 0 Å². The molecule has 90 valence electrons. The van der Waals surface area contributed by atoms with Crippen molar-refractivity contribution < 1.29 is 4.42 Å². The highest BCUT2D eigenvalue weighted by atomic mass is 35.5. The van der Waals surface area contributed by atoms with Crippen molar-refractivity contribution in [3.05, 3.63) is 5.89 Å². The van der Waals surface area contributed by atoms with Crippen LogP contribution in [0.15, 0.2) is 4.42 Å². The Balaban J connectivity index is 2.03. The van der Waals surface area contributed by atoms with Crippen LogP contribution in [0.25, 0.3) is 0 Å². The van der Waals surface area contributed by atoms with Gasteiger partial charge in [-0.25, -0.2) is 0 Å². The molecule has 0 amide bonds. The van der Waals surface area contributed by atoms with Crippen LogP contribution in [0.1, 0.15) is 33.1 Å². The predicted molar refractivity (Wildman–Crippen MR) is 63.6 cm³/mol. The number of nitrogens with zero attached hydrogens (tertiary/aromatic N) is 3. The second kappa shape index (κ2) is 4.24. The largest absolute Gasteiger partial charge is 0.407 e. The van der Waals surface area contributed by atoms with Crippen molar-refractivity contribution in [3.63, 3.8) is 0 Å². The topological polar surface area (TPSA) is 42.2 Å². The Morgan fingerprint density at radius 1 is 1.44 bits per heavy atom. The lowest BCUT2D eigenvalue weighted by Crippen LogP contribution is -2.25. The minimum atomic E-state index is 0.281. The van der Waals surface area contributed by atoms with Gasteiger partial charge in [-0.2, -0.15) is 0 Å². The lowest BCUT2D eigenvalue weighted by molar-refractivity contribution is 0.263. The second-order valence-electron chi connectivity index (χ2n) is 5.41. The molecule has 0 N–H and O–H groups in total. The molecule has 0 saturated carbocycles. The SMILES string of the molecule is CC(C)(C)C1CCN(c2nnc(CCl)o2)C1. The summed E-state index contributed by atoms with van der Waals surface area (Å²) in [5, 5.41) is 7.89. The van der Waals surface area contributed by atoms with Crippen LogP contribution in [0.3, 0.4) is 0 Å². The Labute approximate surface area is 101 Å². The van der Waals surface area contributed by atoms with E-state index in [1.165, 1.54) is 6.42 Å². The van der Waals surface area contributed by atoms with Gasteiger partial charge in [0, 0.05) is 13.1 Å². The minimum absolute atomic E-state index is 0.281. The molecule has 1 aromatic heterocycles. The molecule has 1 atom stereocenters. The first-order valence-corrected chi connectivity index (χ1v) is 6.17. The maximum atomic E-state index is 5.63. The Hall–Kier alpha value is -0.770. The number of alkyl halides is 1. The first-order chi connectivity index (χ1) is 7.50. The van der Waals surface area contributed by atoms with Gasteiger partial charge in [0.05, 0.1) is 0 Å². The lowest BCUT2D eigenvalue weighted by Gasteiger charge is -2.26. The summed E-state index contributed by atoms with van der Waals surface area (Å²) in [6.07, 6.45) is 1.18. The minimum Gasteiger partial charge on any atom is -0.407 e. The molecule has 1 aliphatic heterocycles. The van der Waals surface area contributed by atoms with E-state index in [0.717, 1.165) is 13.1 Å². The van der Waals surface area contributed by atoms with Gasteiger partial charge in [-0.1, -0.05) is 25.9 Å². The zero-order valence-corrected chi connectivity index (χ0v) is 10.8. The van der Waals surface area contributed by atoms with Crippen LogP contribution >= 0.6 is 11.6 Å². The van der Waals surface area contributed by atoms with Crippen LogP contribution < -0.4 is 4.90 Å². The normalized spacial score (nSPS) is 21.8. The molecule has 1 fully saturated rings. The predicted octanol–water partition coefficient (Wildman–Crippen LogP) is 2.68. The van der Waals surface area contributed by atoms with Crippen molar-refractivity contribution in [3.8, 4) is 0 Å². The van der Waals surface area contributed by atoms with Crippen molar-refractivity contribution in [2.24, 2.45) is 11.3 Å². The number of aromatic nitrogens is 2. The van der Waals surface area contributed by atoms with E-state index in [2.05, 4.69) is 35.9 Å². The highest BCUT2D eigenvalue weighted by Crippen LogP contribution is 2.35. The first-order valence-electron chi connectivity index (χ1n) is 5.64. The summed E-state index contributed by atoms with van der Waals surface area (Å²) >= 11 is 5.63. The second-order valence-corrected chi connectivity index (χ2v) is 5.68. The van der Waals surface area contributed by atoms with Crippen molar-refractivity contribution >= 4 is 17.6 Å². The molecule has 0 aromatic carbocycles. The first kappa shape index (κ1) is 11.7. The van der Waals surface area contributed by atoms with Gasteiger partial charge >= 0.3 is 6.01 Å². The van der Waals surface area contributed by atoms with E-state index in [9.17, 15) is 0 Å². The molecule has 5 heteroatoms. The highest BCUT2D eigenvalue weighted by Gasteiger charge is 2.33. The van der Waals surface area contributed by atoms with Crippen molar-refractivity contribution in [2.75, 3.05) is 18.0 Å². The van der Waals surface area contributed by atoms with Gasteiger partial charge in [0.2, 0.25) is 5.89 Å². The summed E-state index contributed by atoms with van der Waals surface area (Å²) in [5.74, 6) is 1.46. The molecule has 4 nitrogen and oxygen atoms in total. The van der Waals surface area contributed by atoms with Gasteiger partial charge in [-0.05, 0) is 17.8 Å². The van der Waals surface area contributed by atoms with E-state index in [4.69, 9.17) is 16.0 Å². The van der Waals surface area contributed by atoms with Gasteiger partial charge in [0.1, 0.15) is 5.88 Å². The quantitative estimate of drug-likeness (QED) is 0.749. The molecule has 0 aliphatic carbocycles. The third-order valence-corrected chi connectivity index (χ3v) is 3.48. The fourth-order valence-electron chi connectivity index (χ4n) is 2.07. The molecule has 0 radical (unpaired) electrons. The van der Waals surface area contributed by atoms with E-state index in [1.54, 1.807) is 0 Å². The van der Waals surface area contributed by atoms with Crippen molar-refractivity contribution in [1.82, 2.24) is 10.2 Å². The Morgan fingerprint density at radius 2 is 2.19 bits per heavy atom. The molecular weight excluding hydrogens is 226 g/mol. The van der Waals surface area contributed by atoms with Crippen LogP contribution in [0.5, 0.6) is 0 Å². The molecule has 1 aromatic rings. The molecule has 16 heavy (non-hydrogen) atoms. The highest BCUT2D eigenvalue weighted by molar-refractivity contribution is 6.16. The van der Waals surface area contributed by atoms with Gasteiger partial charge in [-0.15, -0.1) is 16.7 Å². The number of halogens is 1. The molecule has 0 spiro atoms. The number of anilines is 1. The molecule has 1 unspecified atom stereocenters. The summed E-state index contributed by atoms with van der Waals surface area (Å²) in [6.45, 7) is 8.82. The fraction of sp³-hybridized carbons (Fsp3) is 0.818. The van der Waals surface area contributed by atoms with Crippen LogP contribution in [0.4, 0.5) is 6.01 Å². The average Bonchev–Trinajstić information content (AvgIpc) is 2.85. The van der Waals surface area contributed by atoms with Crippen LogP contribution in [0.2, 0.25) is 0 Å². The van der Waals surface area contributed by atoms with Gasteiger partial charge < -0.3 is 9.32 Å². The third-order valence-electron chi connectivity index (χ3n) is 3.25. The standard InChI is InChI=1S/C11H18ClN3O/c1-11(2,3)8-4-5-15(7-8)10-14-13-9(6-12)16-10/h8H,4-7H2,1-3H3. The molecule has 1 saturated heterocycles. The fourth-order valence-corrected chi connectivity index (χ4v) is 2.18. The summed E-state index contributed by atoms with van der Waals surface area (Å²) in [6, 6.07) is 0.613. The van der Waals surface area contributed by atoms with Crippen LogP contribution in [-0.4, -0.2) is 23.3 Å². The zero-order chi connectivity index (χ0) is 11.8. The smallest absolute Gasteiger partial charge is 0.318 e. The van der Waals surface area contributed by atoms with Crippen LogP contribution in [0, 0.1) is 11.3 Å². The van der Waals surface area contributed by atoms with E-state index in [1.807, 2.05) is 0 Å². The molecule has 2 rings (SSSR count). The molecule has 0 bridgehead atoms. The summed E-state index contributed by atoms with van der Waals surface area (Å²) in [4.78, 5) is 2.15. The molecule has 2 heterocycles. The maximum Gasteiger partial charge on any atom is 0.318 e. The number of rotatable bonds is 2. The zero-order valence-electron chi connectivity index (χ0n) is 10.0. The maximum absolute atomic E-state index is 5.63. The van der Waals surface area contributed by atoms with E-state index in [-0.39, 0.29) is 5.88 Å². The van der Waals surface area contributed by atoms with Gasteiger partial charge in [0.15, 0.2) is 0 Å². The van der Waals surface area contributed by atoms with Crippen molar-refractivity contribution in [1.29, 1.82) is 0 Å². The van der Waals surface area contributed by atoms with E-state index < -0.39 is 0 Å². The number of hydrogen-bond donors (Lipinski definition) is 0. The third kappa shape index (κ3) is 2.32. The Bertz CT molecular complexity index is 358. The monoisotopic (exact) mass is 243 g/mol. The summed E-state index contributed by atoms with van der Waals surface area (Å²) < 4.78 is 5.45. The average molecular weight is 244 g/mol. The van der Waals surface area contributed by atoms with Crippen LogP contribution in [-0.2, 0) is 5.88 Å². The van der Waals surface area contributed by atoms with Crippen molar-refractivity contribution in [2.45, 2.75) is 33.1 Å². The molecular formula is C11H18ClN3O. The Morgan fingerprint density at radius 3 is 2.69 bits per heavy atom. The lowest BCUT2D eigenvalue weighted by atomic mass is 9.80.